The lowest BCUT2D eigenvalue weighted by atomic mass is 10.0. The second kappa shape index (κ2) is 9.55. The van der Waals surface area contributed by atoms with Crippen molar-refractivity contribution < 1.29 is 14.0 Å². The normalized spacial score (nSPS) is 11.2. The molecule has 0 fully saturated rings. The van der Waals surface area contributed by atoms with Crippen LogP contribution in [0.4, 0.5) is 5.69 Å². The van der Waals surface area contributed by atoms with Gasteiger partial charge in [0.25, 0.3) is 11.8 Å². The fourth-order valence-electron chi connectivity index (χ4n) is 3.04. The molecular formula is C24H24N2O3. The second-order valence-electron chi connectivity index (χ2n) is 6.51. The highest BCUT2D eigenvalue weighted by atomic mass is 16.3. The van der Waals surface area contributed by atoms with Gasteiger partial charge in [-0.1, -0.05) is 50.2 Å². The van der Waals surface area contributed by atoms with Crippen LogP contribution in [0.15, 0.2) is 77.0 Å². The molecule has 148 valence electrons. The van der Waals surface area contributed by atoms with Gasteiger partial charge in [0.05, 0.1) is 6.26 Å². The Hall–Kier alpha value is -3.60. The Labute approximate surface area is 170 Å². The zero-order valence-electron chi connectivity index (χ0n) is 16.6. The van der Waals surface area contributed by atoms with Crippen LogP contribution >= 0.6 is 0 Å². The maximum absolute atomic E-state index is 13.1. The zero-order chi connectivity index (χ0) is 20.6. The molecule has 0 radical (unpaired) electrons. The Morgan fingerprint density at radius 3 is 2.17 bits per heavy atom. The van der Waals surface area contributed by atoms with Crippen molar-refractivity contribution in [3.8, 4) is 0 Å². The molecule has 0 bridgehead atoms. The molecule has 0 saturated carbocycles. The maximum atomic E-state index is 13.1. The maximum Gasteiger partial charge on any atom is 0.272 e. The number of hydrogen-bond acceptors (Lipinski definition) is 3. The van der Waals surface area contributed by atoms with E-state index in [4.69, 9.17) is 4.42 Å². The van der Waals surface area contributed by atoms with Crippen molar-refractivity contribution in [2.24, 2.45) is 0 Å². The number of hydrogen-bond donors (Lipinski definition) is 2. The quantitative estimate of drug-likeness (QED) is 0.570. The fraction of sp³-hybridized carbons (Fsp3) is 0.167. The van der Waals surface area contributed by atoms with E-state index in [1.165, 1.54) is 12.3 Å². The summed E-state index contributed by atoms with van der Waals surface area (Å²) in [6.07, 6.45) is 4.62. The summed E-state index contributed by atoms with van der Waals surface area (Å²) in [7, 11) is 0. The van der Waals surface area contributed by atoms with E-state index in [9.17, 15) is 9.59 Å². The van der Waals surface area contributed by atoms with Crippen LogP contribution in [0.25, 0.3) is 6.08 Å². The van der Waals surface area contributed by atoms with Crippen LogP contribution in [0, 0.1) is 0 Å². The van der Waals surface area contributed by atoms with E-state index in [0.717, 1.165) is 29.7 Å². The van der Waals surface area contributed by atoms with Crippen molar-refractivity contribution in [2.45, 2.75) is 26.7 Å². The van der Waals surface area contributed by atoms with E-state index in [1.807, 2.05) is 38.1 Å². The number of anilines is 1. The molecule has 1 aromatic heterocycles. The molecule has 0 saturated heterocycles. The Morgan fingerprint density at radius 2 is 1.59 bits per heavy atom. The first-order chi connectivity index (χ1) is 14.1. The van der Waals surface area contributed by atoms with Crippen molar-refractivity contribution >= 4 is 23.6 Å². The standard InChI is InChI=1S/C24H24N2O3/c1-3-17-12-8-13-18(4-2)22(17)26-24(28)21(16-20-14-9-15-29-20)25-23(27)19-10-6-5-7-11-19/h5-16H,3-4H2,1-2H3,(H,25,27)(H,26,28)/b21-16-. The van der Waals surface area contributed by atoms with Crippen LogP contribution in [0.2, 0.25) is 0 Å². The third kappa shape index (κ3) is 5.02. The highest BCUT2D eigenvalue weighted by Crippen LogP contribution is 2.23. The molecule has 0 aliphatic rings. The van der Waals surface area contributed by atoms with Crippen LogP contribution in [0.5, 0.6) is 0 Å². The molecule has 0 spiro atoms. The first-order valence-corrected chi connectivity index (χ1v) is 9.66. The number of aryl methyl sites for hydroxylation is 2. The van der Waals surface area contributed by atoms with E-state index < -0.39 is 5.91 Å². The highest BCUT2D eigenvalue weighted by Gasteiger charge is 2.17. The Bertz CT molecular complexity index is 984. The Kier molecular flexibility index (Phi) is 6.63. The van der Waals surface area contributed by atoms with Crippen molar-refractivity contribution in [2.75, 3.05) is 5.32 Å². The fourth-order valence-corrected chi connectivity index (χ4v) is 3.04. The average molecular weight is 388 g/mol. The van der Waals surface area contributed by atoms with Gasteiger partial charge in [0.2, 0.25) is 0 Å². The predicted octanol–water partition coefficient (Wildman–Crippen LogP) is 4.81. The zero-order valence-corrected chi connectivity index (χ0v) is 16.6. The Morgan fingerprint density at radius 1 is 0.897 bits per heavy atom. The molecule has 3 aromatic rings. The number of amides is 2. The number of nitrogens with one attached hydrogen (secondary N) is 2. The third-order valence-corrected chi connectivity index (χ3v) is 4.60. The summed E-state index contributed by atoms with van der Waals surface area (Å²) >= 11 is 0. The van der Waals surface area contributed by atoms with E-state index in [1.54, 1.807) is 36.4 Å². The smallest absolute Gasteiger partial charge is 0.272 e. The molecule has 3 rings (SSSR count). The van der Waals surface area contributed by atoms with Crippen LogP contribution in [0.3, 0.4) is 0 Å². The summed E-state index contributed by atoms with van der Waals surface area (Å²) in [5, 5.41) is 5.70. The topological polar surface area (TPSA) is 71.3 Å². The summed E-state index contributed by atoms with van der Waals surface area (Å²) < 4.78 is 5.33. The van der Waals surface area contributed by atoms with Crippen LogP contribution in [-0.2, 0) is 17.6 Å². The number of carbonyl (C=O) groups excluding carboxylic acids is 2. The molecule has 2 N–H and O–H groups in total. The predicted molar refractivity (Wildman–Crippen MR) is 114 cm³/mol. The lowest BCUT2D eigenvalue weighted by Gasteiger charge is -2.16. The molecule has 2 aromatic carbocycles. The van der Waals surface area contributed by atoms with E-state index >= 15 is 0 Å². The molecular weight excluding hydrogens is 364 g/mol. The molecule has 1 heterocycles. The van der Waals surface area contributed by atoms with Gasteiger partial charge in [-0.2, -0.15) is 0 Å². The van der Waals surface area contributed by atoms with Gasteiger partial charge in [-0.15, -0.1) is 0 Å². The monoisotopic (exact) mass is 388 g/mol. The van der Waals surface area contributed by atoms with Crippen LogP contribution in [0.1, 0.15) is 41.1 Å². The molecule has 0 aliphatic carbocycles. The largest absolute Gasteiger partial charge is 0.465 e. The highest BCUT2D eigenvalue weighted by molar-refractivity contribution is 6.11. The molecule has 5 heteroatoms. The molecule has 5 nitrogen and oxygen atoms in total. The minimum atomic E-state index is -0.402. The van der Waals surface area contributed by atoms with Crippen molar-refractivity contribution in [1.29, 1.82) is 0 Å². The molecule has 0 atom stereocenters. The lowest BCUT2D eigenvalue weighted by molar-refractivity contribution is -0.113. The first-order valence-electron chi connectivity index (χ1n) is 9.66. The van der Waals surface area contributed by atoms with E-state index in [0.29, 0.717) is 11.3 Å². The van der Waals surface area contributed by atoms with Crippen LogP contribution < -0.4 is 10.6 Å². The van der Waals surface area contributed by atoms with Crippen molar-refractivity contribution in [3.63, 3.8) is 0 Å². The molecule has 2 amide bonds. The first kappa shape index (κ1) is 20.1. The molecule has 0 unspecified atom stereocenters. The van der Waals surface area contributed by atoms with Crippen molar-refractivity contribution in [1.82, 2.24) is 5.32 Å². The number of para-hydroxylation sites is 1. The van der Waals surface area contributed by atoms with Gasteiger partial charge < -0.3 is 15.1 Å². The molecule has 0 aliphatic heterocycles. The summed E-state index contributed by atoms with van der Waals surface area (Å²) in [5.41, 5.74) is 3.46. The van der Waals surface area contributed by atoms with Gasteiger partial charge in [0.1, 0.15) is 11.5 Å². The number of carbonyl (C=O) groups is 2. The summed E-state index contributed by atoms with van der Waals surface area (Å²) in [5.74, 6) is -0.290. The Balaban J connectivity index is 1.91. The number of rotatable bonds is 7. The van der Waals surface area contributed by atoms with Gasteiger partial charge in [-0.3, -0.25) is 9.59 Å². The summed E-state index contributed by atoms with van der Waals surface area (Å²) in [4.78, 5) is 25.7. The van der Waals surface area contributed by atoms with E-state index in [2.05, 4.69) is 10.6 Å². The lowest BCUT2D eigenvalue weighted by Crippen LogP contribution is -2.31. The second-order valence-corrected chi connectivity index (χ2v) is 6.51. The SMILES string of the molecule is CCc1cccc(CC)c1NC(=O)/C(=C/c1ccco1)NC(=O)c1ccccc1. The van der Waals surface area contributed by atoms with E-state index in [-0.39, 0.29) is 11.6 Å². The summed E-state index contributed by atoms with van der Waals surface area (Å²) in [6.45, 7) is 4.09. The van der Waals surface area contributed by atoms with Gasteiger partial charge in [0.15, 0.2) is 0 Å². The molecule has 29 heavy (non-hydrogen) atoms. The van der Waals surface area contributed by atoms with Gasteiger partial charge in [-0.05, 0) is 48.2 Å². The average Bonchev–Trinajstić information content (AvgIpc) is 3.27. The van der Waals surface area contributed by atoms with Crippen molar-refractivity contribution in [3.05, 3.63) is 95.1 Å². The minimum absolute atomic E-state index is 0.113. The van der Waals surface area contributed by atoms with Gasteiger partial charge in [0, 0.05) is 17.3 Å². The van der Waals surface area contributed by atoms with Gasteiger partial charge in [-0.25, -0.2) is 0 Å². The number of furan rings is 1. The number of benzene rings is 2. The van der Waals surface area contributed by atoms with Crippen LogP contribution in [-0.4, -0.2) is 11.8 Å². The third-order valence-electron chi connectivity index (χ3n) is 4.60. The summed E-state index contributed by atoms with van der Waals surface area (Å²) in [6, 6.07) is 18.2. The minimum Gasteiger partial charge on any atom is -0.465 e. The van der Waals surface area contributed by atoms with Gasteiger partial charge >= 0.3 is 0 Å².